The molecule has 10 heavy (non-hydrogen) atoms. The number of hydrogen-bond acceptors (Lipinski definition) is 3. The SMILES string of the molecule is CC(C)(C)ONCCCN. The van der Waals surface area contributed by atoms with E-state index < -0.39 is 0 Å². The molecule has 0 saturated heterocycles. The predicted molar refractivity (Wildman–Crippen MR) is 42.5 cm³/mol. The van der Waals surface area contributed by atoms with E-state index >= 15 is 0 Å². The first-order chi connectivity index (χ1) is 4.56. The summed E-state index contributed by atoms with van der Waals surface area (Å²) in [6, 6.07) is 0. The minimum absolute atomic E-state index is 0.103. The Labute approximate surface area is 62.9 Å². The van der Waals surface area contributed by atoms with Crippen molar-refractivity contribution >= 4 is 0 Å². The summed E-state index contributed by atoms with van der Waals surface area (Å²) >= 11 is 0. The summed E-state index contributed by atoms with van der Waals surface area (Å²) in [5.74, 6) is 0. The Kier molecular flexibility index (Phi) is 4.60. The van der Waals surface area contributed by atoms with E-state index in [4.69, 9.17) is 10.6 Å². The topological polar surface area (TPSA) is 47.3 Å². The molecule has 0 atom stereocenters. The molecule has 0 aromatic rings. The summed E-state index contributed by atoms with van der Waals surface area (Å²) in [6.07, 6.45) is 0.954. The van der Waals surface area contributed by atoms with Gasteiger partial charge in [-0.25, -0.2) is 5.48 Å². The van der Waals surface area contributed by atoms with Crippen LogP contribution in [0.25, 0.3) is 0 Å². The van der Waals surface area contributed by atoms with E-state index in [1.807, 2.05) is 20.8 Å². The number of hydrogen-bond donors (Lipinski definition) is 2. The summed E-state index contributed by atoms with van der Waals surface area (Å²) in [5.41, 5.74) is 8.03. The molecule has 0 aliphatic heterocycles. The van der Waals surface area contributed by atoms with Gasteiger partial charge in [-0.05, 0) is 33.7 Å². The summed E-state index contributed by atoms with van der Waals surface area (Å²) in [7, 11) is 0. The van der Waals surface area contributed by atoms with Crippen LogP contribution in [-0.4, -0.2) is 18.7 Å². The first-order valence-electron chi connectivity index (χ1n) is 3.67. The van der Waals surface area contributed by atoms with E-state index in [2.05, 4.69) is 5.48 Å². The molecule has 0 aliphatic carbocycles. The van der Waals surface area contributed by atoms with Crippen molar-refractivity contribution in [2.75, 3.05) is 13.1 Å². The third-order valence-electron chi connectivity index (χ3n) is 0.861. The van der Waals surface area contributed by atoms with Gasteiger partial charge in [0.1, 0.15) is 0 Å². The lowest BCUT2D eigenvalue weighted by Crippen LogP contribution is -2.30. The lowest BCUT2D eigenvalue weighted by molar-refractivity contribution is -0.0722. The van der Waals surface area contributed by atoms with Crippen molar-refractivity contribution in [2.24, 2.45) is 5.73 Å². The van der Waals surface area contributed by atoms with Crippen LogP contribution in [-0.2, 0) is 4.84 Å². The van der Waals surface area contributed by atoms with Crippen LogP contribution in [0, 0.1) is 0 Å². The molecule has 0 spiro atoms. The maximum Gasteiger partial charge on any atom is 0.0812 e. The van der Waals surface area contributed by atoms with Gasteiger partial charge in [0.25, 0.3) is 0 Å². The highest BCUT2D eigenvalue weighted by molar-refractivity contribution is 4.56. The van der Waals surface area contributed by atoms with Crippen LogP contribution in [0.5, 0.6) is 0 Å². The third-order valence-corrected chi connectivity index (χ3v) is 0.861. The van der Waals surface area contributed by atoms with Crippen molar-refractivity contribution in [1.29, 1.82) is 0 Å². The van der Waals surface area contributed by atoms with Gasteiger partial charge in [0.15, 0.2) is 0 Å². The molecule has 0 aromatic heterocycles. The Bertz CT molecular complexity index is 78.2. The zero-order valence-electron chi connectivity index (χ0n) is 7.11. The second-order valence-corrected chi connectivity index (χ2v) is 3.25. The molecular formula is C7H18N2O. The lowest BCUT2D eigenvalue weighted by atomic mass is 10.2. The second-order valence-electron chi connectivity index (χ2n) is 3.25. The first kappa shape index (κ1) is 9.88. The zero-order valence-corrected chi connectivity index (χ0v) is 7.11. The molecule has 62 valence electrons. The summed E-state index contributed by atoms with van der Waals surface area (Å²) in [6.45, 7) is 7.54. The average molecular weight is 146 g/mol. The Morgan fingerprint density at radius 2 is 2.00 bits per heavy atom. The second kappa shape index (κ2) is 4.66. The fourth-order valence-corrected chi connectivity index (χ4v) is 0.442. The number of nitrogens with two attached hydrogens (primary N) is 1. The zero-order chi connectivity index (χ0) is 8.04. The molecule has 3 N–H and O–H groups in total. The quantitative estimate of drug-likeness (QED) is 0.452. The maximum atomic E-state index is 5.28. The van der Waals surface area contributed by atoms with Crippen molar-refractivity contribution in [3.8, 4) is 0 Å². The molecule has 0 aliphatic rings. The molecule has 0 radical (unpaired) electrons. The largest absolute Gasteiger partial charge is 0.330 e. The molecular weight excluding hydrogens is 128 g/mol. The van der Waals surface area contributed by atoms with Crippen LogP contribution in [0.2, 0.25) is 0 Å². The van der Waals surface area contributed by atoms with Crippen LogP contribution < -0.4 is 11.2 Å². The number of nitrogens with one attached hydrogen (secondary N) is 1. The monoisotopic (exact) mass is 146 g/mol. The lowest BCUT2D eigenvalue weighted by Gasteiger charge is -2.18. The van der Waals surface area contributed by atoms with Gasteiger partial charge in [-0.2, -0.15) is 0 Å². The average Bonchev–Trinajstić information content (AvgIpc) is 1.78. The normalized spacial score (nSPS) is 12.0. The molecule has 0 amide bonds. The molecule has 0 rings (SSSR count). The standard InChI is InChI=1S/C7H18N2O/c1-7(2,3)10-9-6-4-5-8/h9H,4-6,8H2,1-3H3. The van der Waals surface area contributed by atoms with E-state index in [0.717, 1.165) is 13.0 Å². The highest BCUT2D eigenvalue weighted by Gasteiger charge is 2.08. The van der Waals surface area contributed by atoms with E-state index in [-0.39, 0.29) is 5.60 Å². The van der Waals surface area contributed by atoms with Crippen LogP contribution in [0.15, 0.2) is 0 Å². The molecule has 0 unspecified atom stereocenters. The van der Waals surface area contributed by atoms with Gasteiger partial charge in [-0.1, -0.05) is 0 Å². The van der Waals surface area contributed by atoms with E-state index in [1.165, 1.54) is 0 Å². The molecule has 0 heterocycles. The Morgan fingerprint density at radius 1 is 1.40 bits per heavy atom. The highest BCUT2D eigenvalue weighted by atomic mass is 16.7. The molecule has 0 saturated carbocycles. The van der Waals surface area contributed by atoms with Crippen LogP contribution in [0.1, 0.15) is 27.2 Å². The van der Waals surface area contributed by atoms with Gasteiger partial charge in [-0.15, -0.1) is 0 Å². The smallest absolute Gasteiger partial charge is 0.0812 e. The summed E-state index contributed by atoms with van der Waals surface area (Å²) in [5, 5.41) is 0. The van der Waals surface area contributed by atoms with E-state index in [9.17, 15) is 0 Å². The number of hydroxylamine groups is 1. The van der Waals surface area contributed by atoms with Crippen molar-refractivity contribution in [1.82, 2.24) is 5.48 Å². The van der Waals surface area contributed by atoms with Crippen molar-refractivity contribution in [3.63, 3.8) is 0 Å². The molecule has 3 nitrogen and oxygen atoms in total. The maximum absolute atomic E-state index is 5.28. The Balaban J connectivity index is 3.04. The fourth-order valence-electron chi connectivity index (χ4n) is 0.442. The molecule has 0 aromatic carbocycles. The Hall–Kier alpha value is -0.120. The van der Waals surface area contributed by atoms with Gasteiger partial charge in [0.05, 0.1) is 5.60 Å². The molecule has 3 heteroatoms. The highest BCUT2D eigenvalue weighted by Crippen LogP contribution is 2.02. The van der Waals surface area contributed by atoms with Gasteiger partial charge in [0.2, 0.25) is 0 Å². The number of rotatable bonds is 4. The van der Waals surface area contributed by atoms with Gasteiger partial charge >= 0.3 is 0 Å². The van der Waals surface area contributed by atoms with Crippen molar-refractivity contribution in [3.05, 3.63) is 0 Å². The van der Waals surface area contributed by atoms with Gasteiger partial charge < -0.3 is 5.73 Å². The van der Waals surface area contributed by atoms with Crippen LogP contribution in [0.3, 0.4) is 0 Å². The molecule has 0 bridgehead atoms. The minimum atomic E-state index is -0.103. The van der Waals surface area contributed by atoms with Crippen molar-refractivity contribution < 1.29 is 4.84 Å². The van der Waals surface area contributed by atoms with Gasteiger partial charge in [0, 0.05) is 6.54 Å². The Morgan fingerprint density at radius 3 is 2.40 bits per heavy atom. The predicted octanol–water partition coefficient (Wildman–Crippen LogP) is 0.655. The van der Waals surface area contributed by atoms with Gasteiger partial charge in [-0.3, -0.25) is 4.84 Å². The fraction of sp³-hybridized carbons (Fsp3) is 1.00. The third kappa shape index (κ3) is 7.88. The molecule has 0 fully saturated rings. The van der Waals surface area contributed by atoms with E-state index in [0.29, 0.717) is 6.54 Å². The first-order valence-corrected chi connectivity index (χ1v) is 3.67. The summed E-state index contributed by atoms with van der Waals surface area (Å²) in [4.78, 5) is 5.23. The van der Waals surface area contributed by atoms with Crippen molar-refractivity contribution in [2.45, 2.75) is 32.8 Å². The van der Waals surface area contributed by atoms with E-state index in [1.54, 1.807) is 0 Å². The minimum Gasteiger partial charge on any atom is -0.330 e. The summed E-state index contributed by atoms with van der Waals surface area (Å²) < 4.78 is 0. The van der Waals surface area contributed by atoms with Crippen LogP contribution in [0.4, 0.5) is 0 Å². The van der Waals surface area contributed by atoms with Crippen LogP contribution >= 0.6 is 0 Å².